The van der Waals surface area contributed by atoms with Gasteiger partial charge in [-0.3, -0.25) is 0 Å². The van der Waals surface area contributed by atoms with Crippen molar-refractivity contribution < 1.29 is 16.8 Å². The fraction of sp³-hybridized carbons (Fsp3) is 0.500. The van der Waals surface area contributed by atoms with E-state index in [9.17, 15) is 16.8 Å². The molecule has 2 N–H and O–H groups in total. The van der Waals surface area contributed by atoms with E-state index >= 15 is 0 Å². The molecule has 1 aromatic carbocycles. The minimum absolute atomic E-state index is 0.0514. The van der Waals surface area contributed by atoms with Gasteiger partial charge in [0.05, 0.1) is 10.6 Å². The maximum atomic E-state index is 12.7. The highest BCUT2D eigenvalue weighted by Crippen LogP contribution is 2.30. The first-order chi connectivity index (χ1) is 9.64. The standard InChI is InChI=1S/C12H18N2O4S3/c1-14(9-5-6-19-8-9)21(17,18)12-7-10(20(2,15)16)3-4-11(12)13/h3-4,7,9H,5-6,8,13H2,1-2H3. The number of sulfonamides is 1. The molecule has 118 valence electrons. The van der Waals surface area contributed by atoms with Crippen molar-refractivity contribution in [2.45, 2.75) is 22.3 Å². The molecule has 1 saturated heterocycles. The molecule has 21 heavy (non-hydrogen) atoms. The van der Waals surface area contributed by atoms with Crippen molar-refractivity contribution in [3.05, 3.63) is 18.2 Å². The number of nitrogen functional groups attached to an aromatic ring is 1. The van der Waals surface area contributed by atoms with E-state index in [1.54, 1.807) is 11.8 Å². The Balaban J connectivity index is 2.48. The number of nitrogens with zero attached hydrogens (tertiary/aromatic N) is 1. The van der Waals surface area contributed by atoms with Crippen molar-refractivity contribution in [1.82, 2.24) is 4.31 Å². The molecule has 0 aromatic heterocycles. The van der Waals surface area contributed by atoms with Crippen LogP contribution in [0.25, 0.3) is 0 Å². The van der Waals surface area contributed by atoms with E-state index in [2.05, 4.69) is 0 Å². The van der Waals surface area contributed by atoms with E-state index in [0.29, 0.717) is 0 Å². The lowest BCUT2D eigenvalue weighted by Crippen LogP contribution is -2.37. The van der Waals surface area contributed by atoms with Gasteiger partial charge in [0.15, 0.2) is 9.84 Å². The number of hydrogen-bond acceptors (Lipinski definition) is 6. The smallest absolute Gasteiger partial charge is 0.245 e. The second-order valence-electron chi connectivity index (χ2n) is 5.01. The Bertz CT molecular complexity index is 738. The van der Waals surface area contributed by atoms with Crippen molar-refractivity contribution in [1.29, 1.82) is 0 Å². The molecule has 0 radical (unpaired) electrons. The van der Waals surface area contributed by atoms with Crippen LogP contribution in [0.2, 0.25) is 0 Å². The van der Waals surface area contributed by atoms with Gasteiger partial charge in [-0.2, -0.15) is 16.1 Å². The molecule has 1 atom stereocenters. The lowest BCUT2D eigenvalue weighted by atomic mass is 10.3. The van der Waals surface area contributed by atoms with Gasteiger partial charge in [-0.15, -0.1) is 0 Å². The zero-order valence-corrected chi connectivity index (χ0v) is 14.3. The van der Waals surface area contributed by atoms with E-state index in [4.69, 9.17) is 5.73 Å². The summed E-state index contributed by atoms with van der Waals surface area (Å²) in [5.74, 6) is 1.66. The lowest BCUT2D eigenvalue weighted by Gasteiger charge is -2.24. The normalized spacial score (nSPS) is 20.0. The van der Waals surface area contributed by atoms with Crippen LogP contribution in [-0.4, -0.2) is 52.0 Å². The van der Waals surface area contributed by atoms with Crippen LogP contribution in [0.1, 0.15) is 6.42 Å². The van der Waals surface area contributed by atoms with E-state index in [0.717, 1.165) is 30.2 Å². The number of thioether (sulfide) groups is 1. The summed E-state index contributed by atoms with van der Waals surface area (Å²) in [4.78, 5) is -0.200. The maximum Gasteiger partial charge on any atom is 0.245 e. The van der Waals surface area contributed by atoms with E-state index in [-0.39, 0.29) is 21.5 Å². The van der Waals surface area contributed by atoms with Gasteiger partial charge in [0.2, 0.25) is 10.0 Å². The molecular formula is C12H18N2O4S3. The summed E-state index contributed by atoms with van der Waals surface area (Å²) in [6.45, 7) is 0. The fourth-order valence-corrected chi connectivity index (χ4v) is 5.74. The number of nitrogens with two attached hydrogens (primary N) is 1. The molecule has 2 rings (SSSR count). The van der Waals surface area contributed by atoms with Crippen molar-refractivity contribution in [3.63, 3.8) is 0 Å². The van der Waals surface area contributed by atoms with Crippen LogP contribution in [0, 0.1) is 0 Å². The summed E-state index contributed by atoms with van der Waals surface area (Å²) >= 11 is 1.70. The Morgan fingerprint density at radius 2 is 1.95 bits per heavy atom. The van der Waals surface area contributed by atoms with Crippen LogP contribution in [0.4, 0.5) is 5.69 Å². The summed E-state index contributed by atoms with van der Waals surface area (Å²) in [5.41, 5.74) is 5.80. The van der Waals surface area contributed by atoms with Crippen molar-refractivity contribution >= 4 is 37.3 Å². The van der Waals surface area contributed by atoms with Crippen LogP contribution in [0.3, 0.4) is 0 Å². The third-order valence-corrected chi connectivity index (χ3v) is 7.71. The number of sulfone groups is 1. The van der Waals surface area contributed by atoms with Crippen molar-refractivity contribution in [3.8, 4) is 0 Å². The minimum atomic E-state index is -3.81. The Hall–Kier alpha value is -0.770. The molecular weight excluding hydrogens is 332 g/mol. The molecule has 1 heterocycles. The Morgan fingerprint density at radius 3 is 2.48 bits per heavy atom. The third-order valence-electron chi connectivity index (χ3n) is 3.49. The van der Waals surface area contributed by atoms with E-state index in [1.807, 2.05) is 0 Å². The molecule has 0 aliphatic carbocycles. The second kappa shape index (κ2) is 5.79. The van der Waals surface area contributed by atoms with Crippen molar-refractivity contribution in [2.75, 3.05) is 30.5 Å². The van der Waals surface area contributed by atoms with Gasteiger partial charge in [-0.1, -0.05) is 0 Å². The van der Waals surface area contributed by atoms with E-state index in [1.165, 1.54) is 23.5 Å². The monoisotopic (exact) mass is 350 g/mol. The molecule has 0 spiro atoms. The van der Waals surface area contributed by atoms with Crippen molar-refractivity contribution in [2.24, 2.45) is 0 Å². The van der Waals surface area contributed by atoms with Gasteiger partial charge < -0.3 is 5.73 Å². The van der Waals surface area contributed by atoms with Gasteiger partial charge in [-0.25, -0.2) is 16.8 Å². The highest BCUT2D eigenvalue weighted by molar-refractivity contribution is 7.99. The Labute approximate surface area is 129 Å². The summed E-state index contributed by atoms with van der Waals surface area (Å²) < 4.78 is 49.8. The molecule has 1 fully saturated rings. The average Bonchev–Trinajstić information content (AvgIpc) is 2.90. The largest absolute Gasteiger partial charge is 0.398 e. The summed E-state index contributed by atoms with van der Waals surface area (Å²) in [6, 6.07) is 3.69. The van der Waals surface area contributed by atoms with E-state index < -0.39 is 19.9 Å². The summed E-state index contributed by atoms with van der Waals surface area (Å²) in [5, 5.41) is 0. The first-order valence-corrected chi connectivity index (χ1v) is 10.8. The quantitative estimate of drug-likeness (QED) is 0.807. The van der Waals surface area contributed by atoms with Crippen LogP contribution in [0.5, 0.6) is 0 Å². The predicted molar refractivity (Wildman–Crippen MR) is 84.6 cm³/mol. The molecule has 1 aliphatic heterocycles. The predicted octanol–water partition coefficient (Wildman–Crippen LogP) is 0.798. The highest BCUT2D eigenvalue weighted by atomic mass is 32.2. The van der Waals surface area contributed by atoms with Crippen LogP contribution < -0.4 is 5.73 Å². The zero-order valence-electron chi connectivity index (χ0n) is 11.8. The number of benzene rings is 1. The molecule has 0 saturated carbocycles. The zero-order chi connectivity index (χ0) is 15.8. The van der Waals surface area contributed by atoms with Gasteiger partial charge >= 0.3 is 0 Å². The van der Waals surface area contributed by atoms with Gasteiger partial charge in [-0.05, 0) is 30.4 Å². The number of rotatable bonds is 4. The highest BCUT2D eigenvalue weighted by Gasteiger charge is 2.32. The van der Waals surface area contributed by atoms with Crippen LogP contribution in [-0.2, 0) is 19.9 Å². The molecule has 0 bridgehead atoms. The number of hydrogen-bond donors (Lipinski definition) is 1. The topological polar surface area (TPSA) is 97.5 Å². The minimum Gasteiger partial charge on any atom is -0.398 e. The molecule has 1 aromatic rings. The molecule has 0 amide bonds. The second-order valence-corrected chi connectivity index (χ2v) is 10.1. The number of anilines is 1. The average molecular weight is 350 g/mol. The summed E-state index contributed by atoms with van der Waals surface area (Å²) in [6.07, 6.45) is 1.82. The fourth-order valence-electron chi connectivity index (χ4n) is 2.13. The van der Waals surface area contributed by atoms with Gasteiger partial charge in [0.1, 0.15) is 4.90 Å². The van der Waals surface area contributed by atoms with Crippen LogP contribution >= 0.6 is 11.8 Å². The van der Waals surface area contributed by atoms with Crippen LogP contribution in [0.15, 0.2) is 28.0 Å². The lowest BCUT2D eigenvalue weighted by molar-refractivity contribution is 0.395. The summed E-state index contributed by atoms with van der Waals surface area (Å²) in [7, 11) is -5.78. The molecule has 9 heteroatoms. The first-order valence-electron chi connectivity index (χ1n) is 6.29. The maximum absolute atomic E-state index is 12.7. The van der Waals surface area contributed by atoms with Gasteiger partial charge in [0.25, 0.3) is 0 Å². The SMILES string of the molecule is CN(C1CCSC1)S(=O)(=O)c1cc(S(C)(=O)=O)ccc1N. The van der Waals surface area contributed by atoms with Gasteiger partial charge in [0, 0.05) is 25.1 Å². The molecule has 1 unspecified atom stereocenters. The Kier molecular flexibility index (Phi) is 4.57. The first kappa shape index (κ1) is 16.6. The third kappa shape index (κ3) is 3.36. The molecule has 1 aliphatic rings. The Morgan fingerprint density at radius 1 is 1.29 bits per heavy atom. The molecule has 6 nitrogen and oxygen atoms in total.